The minimum Gasteiger partial charge on any atom is -0.507 e. The van der Waals surface area contributed by atoms with Crippen LogP contribution in [0.1, 0.15) is 10.5 Å². The van der Waals surface area contributed by atoms with Gasteiger partial charge in [0.2, 0.25) is 5.95 Å². The predicted octanol–water partition coefficient (Wildman–Crippen LogP) is 1.38. The van der Waals surface area contributed by atoms with E-state index >= 15 is 0 Å². The van der Waals surface area contributed by atoms with E-state index < -0.39 is 5.97 Å². The molecule has 3 rings (SSSR count). The van der Waals surface area contributed by atoms with Crippen molar-refractivity contribution >= 4 is 17.6 Å². The van der Waals surface area contributed by atoms with E-state index in [1.54, 1.807) is 24.3 Å². The molecule has 0 saturated heterocycles. The van der Waals surface area contributed by atoms with Crippen LogP contribution in [-0.4, -0.2) is 30.8 Å². The number of aromatic hydroxyl groups is 1. The quantitative estimate of drug-likeness (QED) is 0.648. The molecule has 7 heteroatoms. The normalized spacial score (nSPS) is 10.8. The van der Waals surface area contributed by atoms with Gasteiger partial charge in [-0.15, -0.1) is 5.10 Å². The highest BCUT2D eigenvalue weighted by molar-refractivity contribution is 5.90. The van der Waals surface area contributed by atoms with Crippen LogP contribution >= 0.6 is 0 Å². The second-order valence-electron chi connectivity index (χ2n) is 4.16. The van der Waals surface area contributed by atoms with Crippen LogP contribution in [0.4, 0.5) is 5.95 Å². The number of benzene rings is 1. The lowest BCUT2D eigenvalue weighted by Gasteiger charge is -2.07. The number of fused-ring (bicyclic) bond motifs is 1. The minimum atomic E-state index is -1.14. The number of rotatable bonds is 2. The number of pyridine rings is 1. The van der Waals surface area contributed by atoms with Gasteiger partial charge in [-0.3, -0.25) is 0 Å². The molecule has 0 fully saturated rings. The van der Waals surface area contributed by atoms with E-state index in [2.05, 4.69) is 10.1 Å². The molecule has 0 aliphatic rings. The molecule has 0 saturated carbocycles. The number of carbonyl (C=O) groups is 1. The van der Waals surface area contributed by atoms with Crippen LogP contribution < -0.4 is 5.73 Å². The lowest BCUT2D eigenvalue weighted by atomic mass is 10.1. The minimum absolute atomic E-state index is 0.0321. The van der Waals surface area contributed by atoms with Crippen molar-refractivity contribution in [3.8, 4) is 16.9 Å². The fourth-order valence-electron chi connectivity index (χ4n) is 2.05. The Morgan fingerprint density at radius 3 is 2.60 bits per heavy atom. The first-order valence-corrected chi connectivity index (χ1v) is 5.75. The standard InChI is InChI=1S/C13H10N4O3/c14-13-15-11-8(7-3-1-2-4-10(7)18)5-6-9(12(19)20)17(11)16-13/h1-6,18H,(H2,14,16)(H,19,20). The zero-order valence-electron chi connectivity index (χ0n) is 10.2. The van der Waals surface area contributed by atoms with E-state index in [1.807, 2.05) is 0 Å². The van der Waals surface area contributed by atoms with Crippen LogP contribution in [-0.2, 0) is 0 Å². The van der Waals surface area contributed by atoms with Gasteiger partial charge >= 0.3 is 5.97 Å². The van der Waals surface area contributed by atoms with Gasteiger partial charge in [-0.05, 0) is 18.2 Å². The molecule has 0 amide bonds. The molecule has 1 aromatic carbocycles. The topological polar surface area (TPSA) is 114 Å². The summed E-state index contributed by atoms with van der Waals surface area (Å²) in [5.74, 6) is -1.10. The summed E-state index contributed by atoms with van der Waals surface area (Å²) in [6, 6.07) is 9.66. The third-order valence-electron chi connectivity index (χ3n) is 2.91. The molecular weight excluding hydrogens is 260 g/mol. The van der Waals surface area contributed by atoms with Gasteiger partial charge in [0, 0.05) is 11.1 Å². The lowest BCUT2D eigenvalue weighted by Crippen LogP contribution is -2.07. The maximum atomic E-state index is 11.2. The molecule has 7 nitrogen and oxygen atoms in total. The summed E-state index contributed by atoms with van der Waals surface area (Å²) in [7, 11) is 0. The van der Waals surface area contributed by atoms with Crippen molar-refractivity contribution in [2.45, 2.75) is 0 Å². The van der Waals surface area contributed by atoms with Crippen molar-refractivity contribution in [2.24, 2.45) is 0 Å². The van der Waals surface area contributed by atoms with Gasteiger partial charge < -0.3 is 15.9 Å². The summed E-state index contributed by atoms with van der Waals surface area (Å²) in [6.45, 7) is 0. The van der Waals surface area contributed by atoms with Crippen molar-refractivity contribution in [3.63, 3.8) is 0 Å². The first-order chi connectivity index (χ1) is 9.58. The Bertz CT molecular complexity index is 826. The fraction of sp³-hybridized carbons (Fsp3) is 0. The Morgan fingerprint density at radius 2 is 1.90 bits per heavy atom. The number of phenols is 1. The summed E-state index contributed by atoms with van der Waals surface area (Å²) in [5, 5.41) is 22.9. The summed E-state index contributed by atoms with van der Waals surface area (Å²) in [5.41, 5.74) is 6.86. The monoisotopic (exact) mass is 270 g/mol. The van der Waals surface area contributed by atoms with Crippen molar-refractivity contribution < 1.29 is 15.0 Å². The van der Waals surface area contributed by atoms with E-state index in [9.17, 15) is 9.90 Å². The number of aromatic nitrogens is 3. The molecule has 20 heavy (non-hydrogen) atoms. The molecule has 4 N–H and O–H groups in total. The highest BCUT2D eigenvalue weighted by atomic mass is 16.4. The SMILES string of the molecule is Nc1nc2c(-c3ccccc3O)ccc(C(=O)O)n2n1. The smallest absolute Gasteiger partial charge is 0.354 e. The molecule has 0 unspecified atom stereocenters. The number of nitrogens with two attached hydrogens (primary N) is 1. The molecule has 0 atom stereocenters. The maximum absolute atomic E-state index is 11.2. The second kappa shape index (κ2) is 4.23. The largest absolute Gasteiger partial charge is 0.507 e. The summed E-state index contributed by atoms with van der Waals surface area (Å²) in [6.07, 6.45) is 0. The number of carboxylic acid groups (broad SMARTS) is 1. The average molecular weight is 270 g/mol. The second-order valence-corrected chi connectivity index (χ2v) is 4.16. The molecule has 0 radical (unpaired) electrons. The maximum Gasteiger partial charge on any atom is 0.354 e. The van der Waals surface area contributed by atoms with E-state index in [4.69, 9.17) is 10.8 Å². The van der Waals surface area contributed by atoms with Gasteiger partial charge in [0.15, 0.2) is 11.3 Å². The first-order valence-electron chi connectivity index (χ1n) is 5.75. The molecule has 2 heterocycles. The van der Waals surface area contributed by atoms with Gasteiger partial charge in [0.05, 0.1) is 0 Å². The predicted molar refractivity (Wildman–Crippen MR) is 71.5 cm³/mol. The van der Waals surface area contributed by atoms with Gasteiger partial charge in [-0.2, -0.15) is 4.98 Å². The molecule has 100 valence electrons. The molecular formula is C13H10N4O3. The van der Waals surface area contributed by atoms with E-state index in [-0.39, 0.29) is 23.0 Å². The van der Waals surface area contributed by atoms with Crippen LogP contribution in [0.5, 0.6) is 5.75 Å². The third kappa shape index (κ3) is 1.72. The Hall–Kier alpha value is -3.09. The van der Waals surface area contributed by atoms with Crippen molar-refractivity contribution in [1.82, 2.24) is 14.6 Å². The molecule has 3 aromatic rings. The zero-order chi connectivity index (χ0) is 14.3. The Morgan fingerprint density at radius 1 is 1.15 bits per heavy atom. The number of nitrogen functional groups attached to an aromatic ring is 1. The highest BCUT2D eigenvalue weighted by Gasteiger charge is 2.17. The summed E-state index contributed by atoms with van der Waals surface area (Å²) < 4.78 is 1.15. The fourth-order valence-corrected chi connectivity index (χ4v) is 2.05. The number of anilines is 1. The van der Waals surface area contributed by atoms with Gasteiger partial charge in [0.1, 0.15) is 5.75 Å². The van der Waals surface area contributed by atoms with Gasteiger partial charge in [-0.25, -0.2) is 9.31 Å². The number of para-hydroxylation sites is 1. The van der Waals surface area contributed by atoms with Gasteiger partial charge in [0.25, 0.3) is 0 Å². The van der Waals surface area contributed by atoms with Crippen molar-refractivity contribution in [2.75, 3.05) is 5.73 Å². The first kappa shape index (κ1) is 12.0. The number of hydrogen-bond donors (Lipinski definition) is 3. The van der Waals surface area contributed by atoms with Crippen LogP contribution in [0.2, 0.25) is 0 Å². The molecule has 0 aliphatic carbocycles. The average Bonchev–Trinajstić information content (AvgIpc) is 2.79. The van der Waals surface area contributed by atoms with E-state index in [0.717, 1.165) is 4.52 Å². The van der Waals surface area contributed by atoms with Crippen molar-refractivity contribution in [3.05, 3.63) is 42.1 Å². The van der Waals surface area contributed by atoms with Crippen LogP contribution in [0.15, 0.2) is 36.4 Å². The molecule has 0 bridgehead atoms. The van der Waals surface area contributed by atoms with E-state index in [1.165, 1.54) is 12.1 Å². The Balaban J connectivity index is 2.36. The number of carboxylic acids is 1. The number of aromatic carboxylic acids is 1. The zero-order valence-corrected chi connectivity index (χ0v) is 10.2. The molecule has 0 spiro atoms. The van der Waals surface area contributed by atoms with Crippen molar-refractivity contribution in [1.29, 1.82) is 0 Å². The Kier molecular flexibility index (Phi) is 2.53. The summed E-state index contributed by atoms with van der Waals surface area (Å²) >= 11 is 0. The number of hydrogen-bond acceptors (Lipinski definition) is 5. The number of phenolic OH excluding ortho intramolecular Hbond substituents is 1. The highest BCUT2D eigenvalue weighted by Crippen LogP contribution is 2.31. The number of nitrogens with zero attached hydrogens (tertiary/aromatic N) is 3. The van der Waals surface area contributed by atoms with Crippen LogP contribution in [0.3, 0.4) is 0 Å². The molecule has 0 aliphatic heterocycles. The van der Waals surface area contributed by atoms with Crippen LogP contribution in [0.25, 0.3) is 16.8 Å². The lowest BCUT2D eigenvalue weighted by molar-refractivity contribution is 0.0687. The molecule has 2 aromatic heterocycles. The summed E-state index contributed by atoms with van der Waals surface area (Å²) in [4.78, 5) is 15.2. The third-order valence-corrected chi connectivity index (χ3v) is 2.91. The van der Waals surface area contributed by atoms with Crippen LogP contribution in [0, 0.1) is 0 Å². The van der Waals surface area contributed by atoms with Gasteiger partial charge in [-0.1, -0.05) is 18.2 Å². The Labute approximate surface area is 112 Å². The van der Waals surface area contributed by atoms with E-state index in [0.29, 0.717) is 11.1 Å².